The van der Waals surface area contributed by atoms with E-state index in [1.807, 2.05) is 13.8 Å². The number of aliphatic hydroxyl groups is 1. The maximum absolute atomic E-state index is 13.9. The van der Waals surface area contributed by atoms with Crippen LogP contribution >= 0.6 is 0 Å². The van der Waals surface area contributed by atoms with Crippen LogP contribution in [0.2, 0.25) is 0 Å². The maximum atomic E-state index is 13.9. The molecule has 0 aromatic heterocycles. The summed E-state index contributed by atoms with van der Waals surface area (Å²) in [7, 11) is 1.32. The maximum Gasteiger partial charge on any atom is 0.321 e. The fourth-order valence-corrected chi connectivity index (χ4v) is 8.83. The van der Waals surface area contributed by atoms with Crippen molar-refractivity contribution >= 4 is 11.8 Å². The van der Waals surface area contributed by atoms with Crippen LogP contribution < -0.4 is 5.11 Å². The second kappa shape index (κ2) is 6.24. The molecule has 0 amide bonds. The summed E-state index contributed by atoms with van der Waals surface area (Å²) < 4.78 is 5.32. The van der Waals surface area contributed by atoms with E-state index in [4.69, 9.17) is 4.74 Å². The van der Waals surface area contributed by atoms with Crippen molar-refractivity contribution < 1.29 is 24.5 Å². The molecule has 0 unspecified atom stereocenters. The van der Waals surface area contributed by atoms with Gasteiger partial charge >= 0.3 is 5.97 Å². The summed E-state index contributed by atoms with van der Waals surface area (Å²) in [6, 6.07) is 0. The first-order valence-corrected chi connectivity index (χ1v) is 11.6. The molecule has 0 bridgehead atoms. The zero-order chi connectivity index (χ0) is 23.4. The minimum absolute atomic E-state index is 0.0691. The summed E-state index contributed by atoms with van der Waals surface area (Å²) >= 11 is 0. The lowest BCUT2D eigenvalue weighted by Gasteiger charge is -2.69. The normalized spacial score (nSPS) is 48.5. The lowest BCUT2D eigenvalue weighted by atomic mass is 9.33. The highest BCUT2D eigenvalue weighted by atomic mass is 16.5. The van der Waals surface area contributed by atoms with Gasteiger partial charge in [0.2, 0.25) is 0 Å². The SMILES string of the molecule is COC(=O)[C@@]12C(=O)C(C)=C([O-])[C@]1(C)C(C)=C[C@H]1[C@]3(C)CC[C@@H](O)C(C)(C)[C@H]3CC[C@@]12C. The van der Waals surface area contributed by atoms with Crippen molar-refractivity contribution in [3.63, 3.8) is 0 Å². The molecule has 0 spiro atoms. The summed E-state index contributed by atoms with van der Waals surface area (Å²) in [5.74, 6) is -1.00. The van der Waals surface area contributed by atoms with Crippen molar-refractivity contribution in [2.24, 2.45) is 38.9 Å². The average molecular weight is 430 g/mol. The van der Waals surface area contributed by atoms with Crippen molar-refractivity contribution in [1.82, 2.24) is 0 Å². The third kappa shape index (κ3) is 2.13. The Morgan fingerprint density at radius 2 is 1.74 bits per heavy atom. The van der Waals surface area contributed by atoms with Gasteiger partial charge in [0.25, 0.3) is 0 Å². The molecule has 0 heterocycles. The van der Waals surface area contributed by atoms with Crippen LogP contribution in [0.3, 0.4) is 0 Å². The van der Waals surface area contributed by atoms with Crippen LogP contribution in [-0.4, -0.2) is 30.1 Å². The number of rotatable bonds is 1. The topological polar surface area (TPSA) is 86.7 Å². The number of ketones is 1. The number of ether oxygens (including phenoxy) is 1. The molecule has 4 rings (SSSR count). The first kappa shape index (κ1) is 22.6. The highest BCUT2D eigenvalue weighted by Gasteiger charge is 2.78. The number of hydrogen-bond acceptors (Lipinski definition) is 5. The van der Waals surface area contributed by atoms with Crippen LogP contribution in [0.1, 0.15) is 74.1 Å². The van der Waals surface area contributed by atoms with Gasteiger partial charge in [-0.05, 0) is 73.2 Å². The van der Waals surface area contributed by atoms with E-state index < -0.39 is 22.2 Å². The van der Waals surface area contributed by atoms with Gasteiger partial charge < -0.3 is 14.9 Å². The first-order chi connectivity index (χ1) is 14.2. The van der Waals surface area contributed by atoms with E-state index in [1.54, 1.807) is 13.8 Å². The highest BCUT2D eigenvalue weighted by molar-refractivity contribution is 6.17. The number of aliphatic hydroxyl groups excluding tert-OH is 1. The molecule has 5 heteroatoms. The molecule has 0 aromatic carbocycles. The van der Waals surface area contributed by atoms with Crippen LogP contribution in [0, 0.1) is 38.9 Å². The number of methoxy groups -OCH3 is 1. The second-order valence-electron chi connectivity index (χ2n) is 11.9. The van der Waals surface area contributed by atoms with Crippen LogP contribution in [-0.2, 0) is 14.3 Å². The molecule has 5 nitrogen and oxygen atoms in total. The molecule has 4 aliphatic carbocycles. The molecule has 0 saturated heterocycles. The first-order valence-electron chi connectivity index (χ1n) is 11.6. The fraction of sp³-hybridized carbons (Fsp3) is 0.769. The predicted octanol–water partition coefficient (Wildman–Crippen LogP) is 3.55. The highest BCUT2D eigenvalue weighted by Crippen LogP contribution is 2.76. The molecular weight excluding hydrogens is 392 g/mol. The van der Waals surface area contributed by atoms with Gasteiger partial charge in [0, 0.05) is 5.41 Å². The number of carbonyl (C=O) groups excluding carboxylic acids is 2. The van der Waals surface area contributed by atoms with Gasteiger partial charge in [-0.1, -0.05) is 46.3 Å². The van der Waals surface area contributed by atoms with E-state index in [0.29, 0.717) is 12.8 Å². The molecule has 0 aromatic rings. The van der Waals surface area contributed by atoms with Gasteiger partial charge in [0.05, 0.1) is 13.2 Å². The Morgan fingerprint density at radius 1 is 1.13 bits per heavy atom. The van der Waals surface area contributed by atoms with Crippen molar-refractivity contribution in [2.45, 2.75) is 80.3 Å². The van der Waals surface area contributed by atoms with Gasteiger partial charge in [-0.15, -0.1) is 5.76 Å². The third-order valence-electron chi connectivity index (χ3n) is 10.6. The molecule has 1 N–H and O–H groups in total. The zero-order valence-corrected chi connectivity index (χ0v) is 20.2. The number of esters is 1. The molecular formula is C26H37O5-. The lowest BCUT2D eigenvalue weighted by Crippen LogP contribution is -2.70. The van der Waals surface area contributed by atoms with Gasteiger partial charge in [-0.2, -0.15) is 0 Å². The number of carbonyl (C=O) groups is 2. The Bertz CT molecular complexity index is 928. The minimum atomic E-state index is -1.55. The van der Waals surface area contributed by atoms with Crippen molar-refractivity contribution in [2.75, 3.05) is 7.11 Å². The van der Waals surface area contributed by atoms with Gasteiger partial charge in [0.15, 0.2) is 5.78 Å². The third-order valence-corrected chi connectivity index (χ3v) is 10.6. The van der Waals surface area contributed by atoms with E-state index in [0.717, 1.165) is 18.4 Å². The van der Waals surface area contributed by atoms with Crippen molar-refractivity contribution in [1.29, 1.82) is 0 Å². The standard InChI is InChI=1S/C26H38O5/c1-14-13-17-23(5)11-10-18(27)22(3,4)16(23)9-12-24(17,6)26(21(30)31-8)20(29)15(2)19(28)25(14,26)7/h13,16-18,27-28H,9-12H2,1-8H3/p-1/t16-,17+,18-,23-,24+,25+,26-/m1/s1. The average Bonchev–Trinajstić information content (AvgIpc) is 2.86. The summed E-state index contributed by atoms with van der Waals surface area (Å²) in [4.78, 5) is 27.6. The Kier molecular flexibility index (Phi) is 4.54. The fourth-order valence-electron chi connectivity index (χ4n) is 8.83. The molecule has 0 radical (unpaired) electrons. The van der Waals surface area contributed by atoms with Crippen molar-refractivity contribution in [3.05, 3.63) is 23.0 Å². The zero-order valence-electron chi connectivity index (χ0n) is 20.2. The molecule has 2 fully saturated rings. The van der Waals surface area contributed by atoms with Crippen molar-refractivity contribution in [3.8, 4) is 0 Å². The number of fused-ring (bicyclic) bond motifs is 5. The Labute approximate surface area is 185 Å². The lowest BCUT2D eigenvalue weighted by molar-refractivity contribution is -0.332. The molecule has 31 heavy (non-hydrogen) atoms. The van der Waals surface area contributed by atoms with E-state index in [1.165, 1.54) is 7.11 Å². The quantitative estimate of drug-likeness (QED) is 0.391. The number of hydrogen-bond donors (Lipinski definition) is 1. The molecule has 2 saturated carbocycles. The van der Waals surface area contributed by atoms with E-state index >= 15 is 0 Å². The molecule has 7 atom stereocenters. The van der Waals surface area contributed by atoms with Crippen LogP contribution in [0.4, 0.5) is 0 Å². The van der Waals surface area contributed by atoms with Gasteiger partial charge in [0.1, 0.15) is 5.41 Å². The van der Waals surface area contributed by atoms with E-state index in [9.17, 15) is 19.8 Å². The van der Waals surface area contributed by atoms with Gasteiger partial charge in [-0.25, -0.2) is 0 Å². The smallest absolute Gasteiger partial charge is 0.321 e. The second-order valence-corrected chi connectivity index (χ2v) is 11.9. The predicted molar refractivity (Wildman–Crippen MR) is 115 cm³/mol. The van der Waals surface area contributed by atoms with E-state index in [2.05, 4.69) is 26.8 Å². The summed E-state index contributed by atoms with van der Waals surface area (Å²) in [6.07, 6.45) is 4.79. The number of allylic oxidation sites excluding steroid dienone is 3. The monoisotopic (exact) mass is 429 g/mol. The Morgan fingerprint density at radius 3 is 2.32 bits per heavy atom. The molecule has 172 valence electrons. The van der Waals surface area contributed by atoms with Crippen LogP contribution in [0.5, 0.6) is 0 Å². The van der Waals surface area contributed by atoms with Crippen LogP contribution in [0.25, 0.3) is 0 Å². The van der Waals surface area contributed by atoms with Crippen LogP contribution in [0.15, 0.2) is 23.0 Å². The largest absolute Gasteiger partial charge is 0.875 e. The van der Waals surface area contributed by atoms with Gasteiger partial charge in [-0.3, -0.25) is 9.59 Å². The Hall–Kier alpha value is -1.62. The molecule has 0 aliphatic heterocycles. The summed E-state index contributed by atoms with van der Waals surface area (Å²) in [5, 5.41) is 24.3. The summed E-state index contributed by atoms with van der Waals surface area (Å²) in [5.41, 5.74) is -3.02. The number of Topliss-reactive ketones (excluding diaryl/α,β-unsaturated/α-hetero) is 1. The van der Waals surface area contributed by atoms with E-state index in [-0.39, 0.29) is 45.9 Å². The molecule has 4 aliphatic rings. The minimum Gasteiger partial charge on any atom is -0.875 e. The summed E-state index contributed by atoms with van der Waals surface area (Å²) in [6.45, 7) is 13.8. The Balaban J connectivity index is 2.03.